The zero-order valence-electron chi connectivity index (χ0n) is 16.8. The number of hydrogen-bond acceptors (Lipinski definition) is 3. The van der Waals surface area contributed by atoms with E-state index in [4.69, 9.17) is 0 Å². The van der Waals surface area contributed by atoms with Gasteiger partial charge in [-0.3, -0.25) is 9.78 Å². The number of imidazole rings is 1. The standard InChI is InChI=1S/C26H23N3O/c1-18-24-16-28-17-29(24)23(26(18)22-5-3-2-4-6-22)15-25(30)21-9-7-19(8-10-21)20-11-13-27-14-12-20/h2-14,16-18,23,26H,15H2,1H3. The van der Waals surface area contributed by atoms with Gasteiger partial charge < -0.3 is 4.57 Å². The first-order valence-corrected chi connectivity index (χ1v) is 10.3. The first-order valence-electron chi connectivity index (χ1n) is 10.3. The second-order valence-corrected chi connectivity index (χ2v) is 7.96. The number of carbonyl (C=O) groups is 1. The van der Waals surface area contributed by atoms with Gasteiger partial charge in [0.2, 0.25) is 0 Å². The van der Waals surface area contributed by atoms with Crippen LogP contribution in [0.1, 0.15) is 52.8 Å². The fourth-order valence-corrected chi connectivity index (χ4v) is 4.75. The number of Topliss-reactive ketones (excluding diaryl/α,β-unsaturated/α-hetero) is 1. The lowest BCUT2D eigenvalue weighted by Crippen LogP contribution is -2.17. The van der Waals surface area contributed by atoms with Crippen LogP contribution in [0.25, 0.3) is 11.1 Å². The van der Waals surface area contributed by atoms with Crippen LogP contribution in [0.2, 0.25) is 0 Å². The van der Waals surface area contributed by atoms with Gasteiger partial charge in [-0.05, 0) is 28.8 Å². The molecule has 0 N–H and O–H groups in total. The van der Waals surface area contributed by atoms with Crippen LogP contribution in [0.5, 0.6) is 0 Å². The van der Waals surface area contributed by atoms with Crippen molar-refractivity contribution in [2.24, 2.45) is 0 Å². The van der Waals surface area contributed by atoms with Gasteiger partial charge in [0.15, 0.2) is 5.78 Å². The molecule has 30 heavy (non-hydrogen) atoms. The van der Waals surface area contributed by atoms with Crippen molar-refractivity contribution in [1.82, 2.24) is 14.5 Å². The molecule has 2 aromatic heterocycles. The number of rotatable bonds is 5. The number of carbonyl (C=O) groups excluding carboxylic acids is 1. The molecule has 0 spiro atoms. The van der Waals surface area contributed by atoms with Crippen LogP contribution in [0.3, 0.4) is 0 Å². The molecule has 1 aliphatic heterocycles. The third kappa shape index (κ3) is 3.24. The van der Waals surface area contributed by atoms with E-state index >= 15 is 0 Å². The first-order chi connectivity index (χ1) is 14.7. The largest absolute Gasteiger partial charge is 0.330 e. The minimum atomic E-state index is 0.0762. The highest BCUT2D eigenvalue weighted by molar-refractivity contribution is 5.96. The van der Waals surface area contributed by atoms with Crippen molar-refractivity contribution in [3.63, 3.8) is 0 Å². The molecular formula is C26H23N3O. The minimum Gasteiger partial charge on any atom is -0.330 e. The van der Waals surface area contributed by atoms with E-state index in [2.05, 4.69) is 45.7 Å². The summed E-state index contributed by atoms with van der Waals surface area (Å²) in [5, 5.41) is 0. The maximum atomic E-state index is 13.2. The van der Waals surface area contributed by atoms with Gasteiger partial charge in [-0.2, -0.15) is 0 Å². The van der Waals surface area contributed by atoms with Crippen molar-refractivity contribution in [1.29, 1.82) is 0 Å². The summed E-state index contributed by atoms with van der Waals surface area (Å²) in [5.74, 6) is 0.752. The Bertz CT molecular complexity index is 1150. The first kappa shape index (κ1) is 18.5. The average Bonchev–Trinajstić information content (AvgIpc) is 3.38. The van der Waals surface area contributed by atoms with E-state index in [0.717, 1.165) is 16.7 Å². The fraction of sp³-hybridized carbons (Fsp3) is 0.192. The number of ketones is 1. The topological polar surface area (TPSA) is 47.8 Å². The number of nitrogens with zero attached hydrogens (tertiary/aromatic N) is 3. The summed E-state index contributed by atoms with van der Waals surface area (Å²) in [6, 6.07) is 22.4. The van der Waals surface area contributed by atoms with Crippen LogP contribution in [0.15, 0.2) is 91.6 Å². The predicted octanol–water partition coefficient (Wildman–Crippen LogP) is 5.66. The normalized spacial score (nSPS) is 20.1. The van der Waals surface area contributed by atoms with Crippen molar-refractivity contribution >= 4 is 5.78 Å². The Balaban J connectivity index is 1.41. The van der Waals surface area contributed by atoms with E-state index in [1.807, 2.05) is 55.0 Å². The number of hydrogen-bond donors (Lipinski definition) is 0. The van der Waals surface area contributed by atoms with E-state index in [-0.39, 0.29) is 17.7 Å². The van der Waals surface area contributed by atoms with E-state index in [0.29, 0.717) is 12.3 Å². The summed E-state index contributed by atoms with van der Waals surface area (Å²) in [6.07, 6.45) is 7.83. The molecule has 0 bridgehead atoms. The van der Waals surface area contributed by atoms with Crippen molar-refractivity contribution in [2.75, 3.05) is 0 Å². The third-order valence-electron chi connectivity index (χ3n) is 6.27. The molecule has 2 aromatic carbocycles. The van der Waals surface area contributed by atoms with Crippen LogP contribution < -0.4 is 0 Å². The molecule has 148 valence electrons. The van der Waals surface area contributed by atoms with Crippen molar-refractivity contribution in [3.8, 4) is 11.1 Å². The molecule has 0 fully saturated rings. The minimum absolute atomic E-state index is 0.0762. The van der Waals surface area contributed by atoms with Crippen molar-refractivity contribution in [3.05, 3.63) is 108 Å². The van der Waals surface area contributed by atoms with Gasteiger partial charge in [0.25, 0.3) is 0 Å². The Morgan fingerprint density at radius 1 is 0.900 bits per heavy atom. The highest BCUT2D eigenvalue weighted by Gasteiger charge is 2.40. The third-order valence-corrected chi connectivity index (χ3v) is 6.27. The predicted molar refractivity (Wildman–Crippen MR) is 117 cm³/mol. The molecule has 0 radical (unpaired) electrons. The number of aromatic nitrogens is 3. The molecule has 4 aromatic rings. The molecular weight excluding hydrogens is 370 g/mol. The quantitative estimate of drug-likeness (QED) is 0.411. The molecule has 4 nitrogen and oxygen atoms in total. The van der Waals surface area contributed by atoms with Crippen molar-refractivity contribution < 1.29 is 4.79 Å². The Labute approximate surface area is 176 Å². The maximum absolute atomic E-state index is 13.2. The van der Waals surface area contributed by atoms with Gasteiger partial charge in [-0.1, -0.05) is 61.5 Å². The van der Waals surface area contributed by atoms with Crippen LogP contribution in [0.4, 0.5) is 0 Å². The molecule has 3 heterocycles. The summed E-state index contributed by atoms with van der Waals surface area (Å²) in [6.45, 7) is 2.24. The van der Waals surface area contributed by atoms with Gasteiger partial charge in [-0.25, -0.2) is 4.98 Å². The fourth-order valence-electron chi connectivity index (χ4n) is 4.75. The SMILES string of the molecule is CC1c2cncn2C(CC(=O)c2ccc(-c3ccncc3)cc2)C1c1ccccc1. The highest BCUT2D eigenvalue weighted by atomic mass is 16.1. The molecule has 5 rings (SSSR count). The second kappa shape index (κ2) is 7.71. The zero-order chi connectivity index (χ0) is 20.5. The number of pyridine rings is 1. The van der Waals surface area contributed by atoms with Crippen LogP contribution in [0, 0.1) is 0 Å². The van der Waals surface area contributed by atoms with Gasteiger partial charge in [0.05, 0.1) is 6.33 Å². The Morgan fingerprint density at radius 3 is 2.33 bits per heavy atom. The lowest BCUT2D eigenvalue weighted by atomic mass is 9.81. The summed E-state index contributed by atoms with van der Waals surface area (Å²) in [7, 11) is 0. The second-order valence-electron chi connectivity index (χ2n) is 7.96. The van der Waals surface area contributed by atoms with E-state index in [1.165, 1.54) is 11.3 Å². The summed E-state index contributed by atoms with van der Waals surface area (Å²) in [5.41, 5.74) is 5.42. The monoisotopic (exact) mass is 393 g/mol. The van der Waals surface area contributed by atoms with Gasteiger partial charge in [0, 0.05) is 54.1 Å². The smallest absolute Gasteiger partial charge is 0.164 e. The molecule has 0 aliphatic carbocycles. The maximum Gasteiger partial charge on any atom is 0.164 e. The van der Waals surface area contributed by atoms with Gasteiger partial charge in [-0.15, -0.1) is 0 Å². The van der Waals surface area contributed by atoms with Gasteiger partial charge >= 0.3 is 0 Å². The molecule has 3 atom stereocenters. The molecule has 1 aliphatic rings. The van der Waals surface area contributed by atoms with Crippen LogP contribution in [-0.4, -0.2) is 20.3 Å². The number of benzene rings is 2. The summed E-state index contributed by atoms with van der Waals surface area (Å²) in [4.78, 5) is 21.6. The average molecular weight is 393 g/mol. The zero-order valence-corrected chi connectivity index (χ0v) is 16.8. The Kier molecular flexibility index (Phi) is 4.75. The van der Waals surface area contributed by atoms with Crippen molar-refractivity contribution in [2.45, 2.75) is 31.2 Å². The van der Waals surface area contributed by atoms with E-state index in [1.54, 1.807) is 12.4 Å². The summed E-state index contributed by atoms with van der Waals surface area (Å²) >= 11 is 0. The number of fused-ring (bicyclic) bond motifs is 1. The summed E-state index contributed by atoms with van der Waals surface area (Å²) < 4.78 is 2.20. The Morgan fingerprint density at radius 2 is 1.60 bits per heavy atom. The molecule has 0 saturated heterocycles. The molecule has 0 amide bonds. The lowest BCUT2D eigenvalue weighted by molar-refractivity contribution is 0.0959. The van der Waals surface area contributed by atoms with Gasteiger partial charge in [0.1, 0.15) is 0 Å². The highest BCUT2D eigenvalue weighted by Crippen LogP contribution is 2.49. The molecule has 4 heteroatoms. The van der Waals surface area contributed by atoms with E-state index < -0.39 is 0 Å². The Hall–Kier alpha value is -3.53. The van der Waals surface area contributed by atoms with E-state index in [9.17, 15) is 4.79 Å². The van der Waals surface area contributed by atoms with Crippen LogP contribution >= 0.6 is 0 Å². The molecule has 3 unspecified atom stereocenters. The van der Waals surface area contributed by atoms with Crippen LogP contribution in [-0.2, 0) is 0 Å². The lowest BCUT2D eigenvalue weighted by Gasteiger charge is -2.24. The molecule has 0 saturated carbocycles.